The lowest BCUT2D eigenvalue weighted by Crippen LogP contribution is -2.45. The molecule has 31 heavy (non-hydrogen) atoms. The molecule has 1 aliphatic rings. The molecule has 1 aliphatic carbocycles. The van der Waals surface area contributed by atoms with Crippen molar-refractivity contribution >= 4 is 15.9 Å². The number of benzene rings is 1. The first-order valence-electron chi connectivity index (χ1n) is 10.6. The maximum absolute atomic E-state index is 13.1. The van der Waals surface area contributed by atoms with Gasteiger partial charge in [-0.3, -0.25) is 9.48 Å². The number of ether oxygens (including phenoxy) is 1. The molecule has 1 unspecified atom stereocenters. The van der Waals surface area contributed by atoms with Crippen LogP contribution < -0.4 is 10.0 Å². The molecule has 170 valence electrons. The molecule has 1 heterocycles. The summed E-state index contributed by atoms with van der Waals surface area (Å²) in [6, 6.07) is 8.81. The van der Waals surface area contributed by atoms with E-state index >= 15 is 0 Å². The summed E-state index contributed by atoms with van der Waals surface area (Å²) in [6.07, 6.45) is 7.38. The van der Waals surface area contributed by atoms with Gasteiger partial charge < -0.3 is 10.1 Å². The van der Waals surface area contributed by atoms with Crippen LogP contribution in [0.2, 0.25) is 0 Å². The summed E-state index contributed by atoms with van der Waals surface area (Å²) in [5.41, 5.74) is 0.0786. The number of amides is 1. The average molecular weight is 449 g/mol. The lowest BCUT2D eigenvalue weighted by Gasteiger charge is -2.29. The van der Waals surface area contributed by atoms with Gasteiger partial charge in [0.1, 0.15) is 4.90 Å². The number of sulfonamides is 1. The first kappa shape index (κ1) is 23.4. The molecule has 0 saturated heterocycles. The molecule has 8 nitrogen and oxygen atoms in total. The molecule has 1 fully saturated rings. The molecule has 2 aromatic rings. The second-order valence-corrected chi connectivity index (χ2v) is 10.5. The maximum atomic E-state index is 13.1. The van der Waals surface area contributed by atoms with Crippen LogP contribution in [0, 0.1) is 5.41 Å². The molecule has 0 aliphatic heterocycles. The van der Waals surface area contributed by atoms with Crippen LogP contribution in [0.15, 0.2) is 47.6 Å². The van der Waals surface area contributed by atoms with Crippen LogP contribution >= 0.6 is 0 Å². The largest absolute Gasteiger partial charge is 0.377 e. The zero-order chi connectivity index (χ0) is 22.5. The van der Waals surface area contributed by atoms with Crippen molar-refractivity contribution in [3.63, 3.8) is 0 Å². The van der Waals surface area contributed by atoms with Gasteiger partial charge in [-0.1, -0.05) is 43.2 Å². The first-order valence-corrected chi connectivity index (χ1v) is 12.1. The summed E-state index contributed by atoms with van der Waals surface area (Å²) in [5, 5.41) is 6.93. The Balaban J connectivity index is 1.68. The molecule has 0 spiro atoms. The topological polar surface area (TPSA) is 102 Å². The molecule has 1 saturated carbocycles. The monoisotopic (exact) mass is 448 g/mol. The van der Waals surface area contributed by atoms with Gasteiger partial charge >= 0.3 is 0 Å². The molecular formula is C22H32N4O4S. The zero-order valence-electron chi connectivity index (χ0n) is 18.4. The molecule has 1 aromatic heterocycles. The summed E-state index contributed by atoms with van der Waals surface area (Å²) >= 11 is 0. The van der Waals surface area contributed by atoms with E-state index in [1.807, 2.05) is 44.2 Å². The van der Waals surface area contributed by atoms with Gasteiger partial charge in [0, 0.05) is 19.8 Å². The summed E-state index contributed by atoms with van der Waals surface area (Å²) < 4.78 is 35.2. The van der Waals surface area contributed by atoms with Crippen molar-refractivity contribution in [2.75, 3.05) is 13.2 Å². The normalized spacial score (nSPS) is 16.4. The van der Waals surface area contributed by atoms with Gasteiger partial charge in [0.2, 0.25) is 15.9 Å². The van der Waals surface area contributed by atoms with Gasteiger partial charge in [-0.25, -0.2) is 13.1 Å². The molecule has 9 heteroatoms. The van der Waals surface area contributed by atoms with E-state index in [4.69, 9.17) is 4.74 Å². The Hall–Kier alpha value is -2.23. The third-order valence-corrected chi connectivity index (χ3v) is 6.95. The van der Waals surface area contributed by atoms with Gasteiger partial charge in [0.25, 0.3) is 0 Å². The van der Waals surface area contributed by atoms with Crippen LogP contribution in [0.4, 0.5) is 0 Å². The SMILES string of the molecule is Cn1cc(S(=O)(=O)NCC(NC(=O)C(C)(C)COC2CCCC2)c2ccccc2)cn1. The Labute approximate surface area is 184 Å². The minimum atomic E-state index is -3.74. The van der Waals surface area contributed by atoms with Crippen molar-refractivity contribution in [2.24, 2.45) is 12.5 Å². The van der Waals surface area contributed by atoms with Crippen molar-refractivity contribution in [2.45, 2.75) is 56.6 Å². The van der Waals surface area contributed by atoms with Gasteiger partial charge in [0.05, 0.1) is 30.4 Å². The fourth-order valence-electron chi connectivity index (χ4n) is 3.55. The lowest BCUT2D eigenvalue weighted by atomic mass is 9.92. The quantitative estimate of drug-likeness (QED) is 0.582. The number of aromatic nitrogens is 2. The number of carbonyl (C=O) groups excluding carboxylic acids is 1. The molecular weight excluding hydrogens is 416 g/mol. The van der Waals surface area contributed by atoms with E-state index < -0.39 is 21.5 Å². The Kier molecular flexibility index (Phi) is 7.51. The highest BCUT2D eigenvalue weighted by Gasteiger charge is 2.32. The fraction of sp³-hybridized carbons (Fsp3) is 0.545. The zero-order valence-corrected chi connectivity index (χ0v) is 19.2. The minimum absolute atomic E-state index is 0.0204. The predicted octanol–water partition coefficient (Wildman–Crippen LogP) is 2.54. The van der Waals surface area contributed by atoms with Gasteiger partial charge in [-0.2, -0.15) is 5.10 Å². The van der Waals surface area contributed by atoms with Crippen molar-refractivity contribution in [1.29, 1.82) is 0 Å². The van der Waals surface area contributed by atoms with E-state index in [0.29, 0.717) is 6.61 Å². The summed E-state index contributed by atoms with van der Waals surface area (Å²) in [4.78, 5) is 13.2. The standard InChI is InChI=1S/C22H32N4O4S/c1-22(2,16-30-18-11-7-8-12-18)21(27)25-20(17-9-5-4-6-10-17)14-24-31(28,29)19-13-23-26(3)15-19/h4-6,9-10,13,15,18,20,24H,7-8,11-12,14,16H2,1-3H3,(H,25,27). The average Bonchev–Trinajstić information content (AvgIpc) is 3.42. The molecule has 1 aromatic carbocycles. The number of rotatable bonds is 10. The van der Waals surface area contributed by atoms with E-state index in [1.165, 1.54) is 29.9 Å². The summed E-state index contributed by atoms with van der Waals surface area (Å²) in [7, 11) is -2.09. The molecule has 2 N–H and O–H groups in total. The summed E-state index contributed by atoms with van der Waals surface area (Å²) in [6.45, 7) is 4.04. The van der Waals surface area contributed by atoms with Crippen LogP contribution in [-0.2, 0) is 26.6 Å². The van der Waals surface area contributed by atoms with Crippen molar-refractivity contribution in [1.82, 2.24) is 19.8 Å². The van der Waals surface area contributed by atoms with Crippen molar-refractivity contribution in [3.05, 3.63) is 48.3 Å². The van der Waals surface area contributed by atoms with E-state index in [2.05, 4.69) is 15.1 Å². The third-order valence-electron chi connectivity index (χ3n) is 5.57. The van der Waals surface area contributed by atoms with Crippen molar-refractivity contribution < 1.29 is 17.9 Å². The second-order valence-electron chi connectivity index (χ2n) is 8.74. The minimum Gasteiger partial charge on any atom is -0.377 e. The van der Waals surface area contributed by atoms with E-state index in [9.17, 15) is 13.2 Å². The Morgan fingerprint density at radius 1 is 1.26 bits per heavy atom. The van der Waals surface area contributed by atoms with Crippen LogP contribution in [0.5, 0.6) is 0 Å². The molecule has 3 rings (SSSR count). The lowest BCUT2D eigenvalue weighted by molar-refractivity contribution is -0.134. The molecule has 1 atom stereocenters. The molecule has 0 radical (unpaired) electrons. The predicted molar refractivity (Wildman–Crippen MR) is 118 cm³/mol. The number of aryl methyl sites for hydroxylation is 1. The van der Waals surface area contributed by atoms with Gasteiger partial charge in [-0.05, 0) is 32.3 Å². The van der Waals surface area contributed by atoms with Crippen LogP contribution in [0.25, 0.3) is 0 Å². The molecule has 0 bridgehead atoms. The Morgan fingerprint density at radius 2 is 1.94 bits per heavy atom. The summed E-state index contributed by atoms with van der Waals surface area (Å²) in [5.74, 6) is -0.181. The second kappa shape index (κ2) is 9.93. The Morgan fingerprint density at radius 3 is 2.55 bits per heavy atom. The first-order chi connectivity index (χ1) is 14.7. The van der Waals surface area contributed by atoms with Gasteiger partial charge in [-0.15, -0.1) is 0 Å². The van der Waals surface area contributed by atoms with E-state index in [-0.39, 0.29) is 23.5 Å². The fourth-order valence-corrected chi connectivity index (χ4v) is 4.58. The highest BCUT2D eigenvalue weighted by Crippen LogP contribution is 2.25. The van der Waals surface area contributed by atoms with Crippen LogP contribution in [0.3, 0.4) is 0 Å². The van der Waals surface area contributed by atoms with E-state index in [0.717, 1.165) is 18.4 Å². The number of carbonyl (C=O) groups is 1. The smallest absolute Gasteiger partial charge is 0.243 e. The third kappa shape index (κ3) is 6.38. The van der Waals surface area contributed by atoms with Crippen molar-refractivity contribution in [3.8, 4) is 0 Å². The van der Waals surface area contributed by atoms with Crippen LogP contribution in [-0.4, -0.2) is 43.4 Å². The van der Waals surface area contributed by atoms with Crippen LogP contribution in [0.1, 0.15) is 51.1 Å². The number of hydrogen-bond acceptors (Lipinski definition) is 5. The highest BCUT2D eigenvalue weighted by atomic mass is 32.2. The maximum Gasteiger partial charge on any atom is 0.243 e. The number of nitrogens with zero attached hydrogens (tertiary/aromatic N) is 2. The molecule has 1 amide bonds. The number of hydrogen-bond donors (Lipinski definition) is 2. The van der Waals surface area contributed by atoms with Gasteiger partial charge in [0.15, 0.2) is 0 Å². The highest BCUT2D eigenvalue weighted by molar-refractivity contribution is 7.89. The van der Waals surface area contributed by atoms with E-state index in [1.54, 1.807) is 7.05 Å². The number of nitrogens with one attached hydrogen (secondary N) is 2. The Bertz CT molecular complexity index is 966.